The fraction of sp³-hybridized carbons (Fsp3) is 0.143. The van der Waals surface area contributed by atoms with E-state index in [2.05, 4.69) is 35.8 Å². The second-order valence-electron chi connectivity index (χ2n) is 5.17. The molecule has 10 nitrogen and oxygen atoms in total. The molecule has 1 aromatic carbocycles. The van der Waals surface area contributed by atoms with Crippen molar-refractivity contribution < 1.29 is 9.42 Å². The van der Waals surface area contributed by atoms with Crippen molar-refractivity contribution in [3.8, 4) is 5.82 Å². The fourth-order valence-corrected chi connectivity index (χ4v) is 2.65. The molecule has 0 spiro atoms. The molecule has 26 heavy (non-hydrogen) atoms. The normalized spacial score (nSPS) is 11.6. The van der Waals surface area contributed by atoms with Crippen molar-refractivity contribution in [3.63, 3.8) is 0 Å². The van der Waals surface area contributed by atoms with Gasteiger partial charge in [0.15, 0.2) is 5.69 Å². The zero-order chi connectivity index (χ0) is 18.8. The van der Waals surface area contributed by atoms with E-state index >= 15 is 0 Å². The predicted molar refractivity (Wildman–Crippen MR) is 94.5 cm³/mol. The summed E-state index contributed by atoms with van der Waals surface area (Å²) in [4.78, 5) is 12.3. The van der Waals surface area contributed by atoms with Crippen LogP contribution in [0.5, 0.6) is 0 Å². The number of amides is 1. The van der Waals surface area contributed by atoms with E-state index in [9.17, 15) is 4.79 Å². The molecule has 0 aliphatic carbocycles. The molecule has 12 heteroatoms. The molecule has 3 rings (SSSR count). The Kier molecular flexibility index (Phi) is 4.87. The van der Waals surface area contributed by atoms with E-state index < -0.39 is 5.91 Å². The van der Waals surface area contributed by atoms with Gasteiger partial charge >= 0.3 is 0 Å². The van der Waals surface area contributed by atoms with Crippen molar-refractivity contribution in [3.05, 3.63) is 45.2 Å². The number of aromatic nitrogens is 5. The van der Waals surface area contributed by atoms with Crippen LogP contribution >= 0.6 is 23.2 Å². The topological polar surface area (TPSA) is 137 Å². The van der Waals surface area contributed by atoms with Gasteiger partial charge in [0.2, 0.25) is 11.6 Å². The Balaban J connectivity index is 1.80. The third kappa shape index (κ3) is 3.37. The van der Waals surface area contributed by atoms with Crippen LogP contribution in [0.15, 0.2) is 27.9 Å². The smallest absolute Gasteiger partial charge is 0.293 e. The Hall–Kier alpha value is -2.98. The van der Waals surface area contributed by atoms with Crippen molar-refractivity contribution >= 4 is 40.6 Å². The minimum Gasteiger partial charge on any atom is -0.378 e. The molecule has 0 atom stereocenters. The van der Waals surface area contributed by atoms with Crippen LogP contribution in [0.1, 0.15) is 28.7 Å². The Labute approximate surface area is 156 Å². The van der Waals surface area contributed by atoms with Crippen molar-refractivity contribution in [1.29, 1.82) is 0 Å². The van der Waals surface area contributed by atoms with Gasteiger partial charge in [0.25, 0.3) is 5.91 Å². The maximum atomic E-state index is 12.3. The van der Waals surface area contributed by atoms with Crippen molar-refractivity contribution in [2.75, 3.05) is 5.73 Å². The average Bonchev–Trinajstić information content (AvgIpc) is 3.17. The summed E-state index contributed by atoms with van der Waals surface area (Å²) in [5.41, 5.74) is 9.59. The van der Waals surface area contributed by atoms with Gasteiger partial charge in [0, 0.05) is 10.6 Å². The van der Waals surface area contributed by atoms with Crippen molar-refractivity contribution in [1.82, 2.24) is 30.7 Å². The molecule has 0 unspecified atom stereocenters. The molecular weight excluding hydrogens is 383 g/mol. The molecule has 0 bridgehead atoms. The summed E-state index contributed by atoms with van der Waals surface area (Å²) in [7, 11) is 0. The van der Waals surface area contributed by atoms with Crippen molar-refractivity contribution in [2.24, 2.45) is 5.10 Å². The lowest BCUT2D eigenvalue weighted by Gasteiger charge is -2.05. The number of hydrazone groups is 1. The zero-order valence-electron chi connectivity index (χ0n) is 13.6. The Morgan fingerprint density at radius 2 is 2.12 bits per heavy atom. The first-order valence-corrected chi connectivity index (χ1v) is 7.95. The Bertz CT molecular complexity index is 1010. The zero-order valence-corrected chi connectivity index (χ0v) is 15.1. The highest BCUT2D eigenvalue weighted by Gasteiger charge is 2.20. The van der Waals surface area contributed by atoms with Gasteiger partial charge in [-0.25, -0.2) is 10.1 Å². The van der Waals surface area contributed by atoms with Gasteiger partial charge in [-0.15, -0.1) is 5.10 Å². The maximum Gasteiger partial charge on any atom is 0.293 e. The molecular formula is C14H12Cl2N8O2. The van der Waals surface area contributed by atoms with Crippen LogP contribution in [0.3, 0.4) is 0 Å². The number of carbonyl (C=O) groups excluding carboxylic acids is 1. The van der Waals surface area contributed by atoms with E-state index in [1.807, 2.05) is 0 Å². The monoisotopic (exact) mass is 394 g/mol. The van der Waals surface area contributed by atoms with Crippen molar-refractivity contribution in [2.45, 2.75) is 13.8 Å². The fourth-order valence-electron chi connectivity index (χ4n) is 2.11. The molecule has 0 radical (unpaired) electrons. The molecule has 0 saturated carbocycles. The van der Waals surface area contributed by atoms with Gasteiger partial charge < -0.3 is 5.73 Å². The minimum absolute atomic E-state index is 0.0243. The maximum absolute atomic E-state index is 12.3. The standard InChI is InChI=1S/C14H12Cl2N8O2/c1-6(9-4-3-8(15)5-10(9)16)18-20-14(25)11-7(2)24(23-19-11)13-12(17)21-26-22-13/h3-5H,1-2H3,(H2,17,21)(H,20,25)/b18-6-. The number of nitrogen functional groups attached to an aromatic ring is 1. The molecule has 0 saturated heterocycles. The van der Waals surface area contributed by atoms with Gasteiger partial charge in [0.1, 0.15) is 0 Å². The highest BCUT2D eigenvalue weighted by molar-refractivity contribution is 6.37. The van der Waals surface area contributed by atoms with E-state index in [-0.39, 0.29) is 17.3 Å². The summed E-state index contributed by atoms with van der Waals surface area (Å²) in [6, 6.07) is 4.97. The third-order valence-electron chi connectivity index (χ3n) is 3.45. The largest absolute Gasteiger partial charge is 0.378 e. The van der Waals surface area contributed by atoms with Crippen LogP contribution in [-0.4, -0.2) is 36.9 Å². The number of carbonyl (C=O) groups is 1. The van der Waals surface area contributed by atoms with Gasteiger partial charge in [-0.1, -0.05) is 34.5 Å². The number of halogens is 2. The van der Waals surface area contributed by atoms with Gasteiger partial charge in [-0.3, -0.25) is 4.79 Å². The number of nitrogens with one attached hydrogen (secondary N) is 1. The minimum atomic E-state index is -0.562. The van der Waals surface area contributed by atoms with Crippen LogP contribution in [-0.2, 0) is 0 Å². The Morgan fingerprint density at radius 3 is 2.77 bits per heavy atom. The number of rotatable bonds is 4. The molecule has 2 aromatic heterocycles. The average molecular weight is 395 g/mol. The number of benzene rings is 1. The molecule has 3 N–H and O–H groups in total. The van der Waals surface area contributed by atoms with E-state index in [1.54, 1.807) is 32.0 Å². The summed E-state index contributed by atoms with van der Waals surface area (Å²) < 4.78 is 5.76. The van der Waals surface area contributed by atoms with E-state index in [0.717, 1.165) is 0 Å². The second kappa shape index (κ2) is 7.10. The number of anilines is 1. The van der Waals surface area contributed by atoms with Crippen LogP contribution in [0.2, 0.25) is 10.0 Å². The third-order valence-corrected chi connectivity index (χ3v) is 4.00. The molecule has 0 aliphatic rings. The molecule has 1 amide bonds. The van der Waals surface area contributed by atoms with Crippen LogP contribution in [0.25, 0.3) is 5.82 Å². The summed E-state index contributed by atoms with van der Waals surface area (Å²) in [5, 5.41) is 19.7. The molecule has 2 heterocycles. The van der Waals surface area contributed by atoms with E-state index in [4.69, 9.17) is 28.9 Å². The summed E-state index contributed by atoms with van der Waals surface area (Å²) in [6.45, 7) is 3.32. The first-order chi connectivity index (χ1) is 12.4. The first kappa shape index (κ1) is 17.8. The summed E-state index contributed by atoms with van der Waals surface area (Å²) >= 11 is 12.0. The lowest BCUT2D eigenvalue weighted by molar-refractivity contribution is 0.0949. The SMILES string of the molecule is C/C(=N/NC(=O)c1nnn(-c2nonc2N)c1C)c1ccc(Cl)cc1Cl. The van der Waals surface area contributed by atoms with Gasteiger partial charge in [-0.05, 0) is 36.3 Å². The van der Waals surface area contributed by atoms with Gasteiger partial charge in [-0.2, -0.15) is 9.78 Å². The molecule has 134 valence electrons. The van der Waals surface area contributed by atoms with E-state index in [1.165, 1.54) is 4.68 Å². The Morgan fingerprint density at radius 1 is 1.35 bits per heavy atom. The lowest BCUT2D eigenvalue weighted by atomic mass is 10.1. The predicted octanol–water partition coefficient (Wildman–Crippen LogP) is 2.00. The highest BCUT2D eigenvalue weighted by atomic mass is 35.5. The highest BCUT2D eigenvalue weighted by Crippen LogP contribution is 2.21. The van der Waals surface area contributed by atoms with Crippen LogP contribution in [0.4, 0.5) is 5.82 Å². The first-order valence-electron chi connectivity index (χ1n) is 7.19. The van der Waals surface area contributed by atoms with Crippen LogP contribution in [0, 0.1) is 6.92 Å². The summed E-state index contributed by atoms with van der Waals surface area (Å²) in [5.74, 6) is -0.397. The number of nitrogens with zero attached hydrogens (tertiary/aromatic N) is 6. The number of nitrogens with two attached hydrogens (primary N) is 1. The van der Waals surface area contributed by atoms with Gasteiger partial charge in [0.05, 0.1) is 16.4 Å². The quantitative estimate of drug-likeness (QED) is 0.509. The molecule has 0 fully saturated rings. The molecule has 0 aliphatic heterocycles. The van der Waals surface area contributed by atoms with Crippen LogP contribution < -0.4 is 11.2 Å². The lowest BCUT2D eigenvalue weighted by Crippen LogP contribution is -2.21. The van der Waals surface area contributed by atoms with E-state index in [0.29, 0.717) is 27.0 Å². The molecule has 3 aromatic rings. The number of hydrogen-bond donors (Lipinski definition) is 2. The number of hydrogen-bond acceptors (Lipinski definition) is 8. The second-order valence-corrected chi connectivity index (χ2v) is 6.01. The summed E-state index contributed by atoms with van der Waals surface area (Å²) in [6.07, 6.45) is 0.